The molecule has 4 rings (SSSR count). The summed E-state index contributed by atoms with van der Waals surface area (Å²) in [6, 6.07) is 13.6. The Morgan fingerprint density at radius 1 is 1.09 bits per heavy atom. The molecule has 5 heteroatoms. The molecule has 0 atom stereocenters. The molecule has 1 aromatic heterocycles. The van der Waals surface area contributed by atoms with Crippen LogP contribution in [-0.2, 0) is 0 Å². The lowest BCUT2D eigenvalue weighted by Gasteiger charge is -2.33. The van der Waals surface area contributed by atoms with Crippen molar-refractivity contribution in [2.24, 2.45) is 0 Å². The number of fused-ring (bicyclic) bond motifs is 1. The number of halogens is 1. The second kappa shape index (κ2) is 13.9. The SMILES string of the molecule is C=C(C)N1CCN(C)CC1.C=Cc1ccc2c(Cl)c(C)c(-c3cccc(N)c3)nc2c1.CCCC. The summed E-state index contributed by atoms with van der Waals surface area (Å²) in [5.41, 5.74) is 12.5. The topological polar surface area (TPSA) is 45.4 Å². The van der Waals surface area contributed by atoms with E-state index in [-0.39, 0.29) is 0 Å². The van der Waals surface area contributed by atoms with Crippen molar-refractivity contribution in [2.45, 2.75) is 40.5 Å². The molecule has 1 saturated heterocycles. The van der Waals surface area contributed by atoms with Gasteiger partial charge >= 0.3 is 0 Å². The van der Waals surface area contributed by atoms with Gasteiger partial charge in [0.05, 0.1) is 16.2 Å². The van der Waals surface area contributed by atoms with Crippen LogP contribution in [0.2, 0.25) is 5.02 Å². The van der Waals surface area contributed by atoms with Gasteiger partial charge in [-0.3, -0.25) is 0 Å². The van der Waals surface area contributed by atoms with Crippen molar-refractivity contribution in [1.82, 2.24) is 14.8 Å². The molecule has 2 N–H and O–H groups in total. The number of pyridine rings is 1. The van der Waals surface area contributed by atoms with Gasteiger partial charge in [0.1, 0.15) is 0 Å². The maximum absolute atomic E-state index is 6.52. The van der Waals surface area contributed by atoms with E-state index in [1.165, 1.54) is 31.6 Å². The van der Waals surface area contributed by atoms with E-state index in [9.17, 15) is 0 Å². The van der Waals surface area contributed by atoms with E-state index in [1.54, 1.807) is 6.08 Å². The smallest absolute Gasteiger partial charge is 0.0754 e. The lowest BCUT2D eigenvalue weighted by atomic mass is 10.0. The zero-order chi connectivity index (χ0) is 26.0. The molecule has 35 heavy (non-hydrogen) atoms. The van der Waals surface area contributed by atoms with E-state index in [0.717, 1.165) is 51.4 Å². The fourth-order valence-corrected chi connectivity index (χ4v) is 3.87. The van der Waals surface area contributed by atoms with Gasteiger partial charge in [-0.15, -0.1) is 0 Å². The third-order valence-corrected chi connectivity index (χ3v) is 6.60. The van der Waals surface area contributed by atoms with Crippen LogP contribution < -0.4 is 5.73 Å². The molecule has 3 aromatic rings. The Hall–Kier alpha value is -2.82. The first kappa shape index (κ1) is 28.4. The average molecular weight is 493 g/mol. The first-order valence-corrected chi connectivity index (χ1v) is 12.8. The monoisotopic (exact) mass is 492 g/mol. The number of likely N-dealkylation sites (N-methyl/N-ethyl adjacent to an activating group) is 1. The first-order chi connectivity index (χ1) is 16.7. The number of nitrogens with zero attached hydrogens (tertiary/aromatic N) is 3. The lowest BCUT2D eigenvalue weighted by Crippen LogP contribution is -2.43. The molecule has 1 aliphatic rings. The highest BCUT2D eigenvalue weighted by atomic mass is 35.5. The van der Waals surface area contributed by atoms with Crippen molar-refractivity contribution >= 4 is 34.3 Å². The zero-order valence-electron chi connectivity index (χ0n) is 22.1. The van der Waals surface area contributed by atoms with E-state index >= 15 is 0 Å². The number of hydrogen-bond donors (Lipinski definition) is 1. The van der Waals surface area contributed by atoms with Crippen molar-refractivity contribution in [2.75, 3.05) is 39.0 Å². The van der Waals surface area contributed by atoms with Crippen molar-refractivity contribution in [3.05, 3.63) is 77.5 Å². The zero-order valence-corrected chi connectivity index (χ0v) is 22.8. The molecule has 0 unspecified atom stereocenters. The summed E-state index contributed by atoms with van der Waals surface area (Å²) in [5.74, 6) is 0. The maximum atomic E-state index is 6.52. The van der Waals surface area contributed by atoms with Gasteiger partial charge in [-0.1, -0.05) is 81.8 Å². The molecule has 0 bridgehead atoms. The van der Waals surface area contributed by atoms with Gasteiger partial charge in [0.2, 0.25) is 0 Å². The Bertz CT molecular complexity index is 1130. The van der Waals surface area contributed by atoms with Crippen LogP contribution >= 0.6 is 11.6 Å². The minimum absolute atomic E-state index is 0.713. The van der Waals surface area contributed by atoms with Crippen molar-refractivity contribution in [1.29, 1.82) is 0 Å². The summed E-state index contributed by atoms with van der Waals surface area (Å²) in [6.45, 7) is 20.8. The number of allylic oxidation sites excluding steroid dienone is 1. The molecular formula is C30H41ClN4. The molecule has 0 spiro atoms. The molecule has 2 heterocycles. The van der Waals surface area contributed by atoms with Crippen LogP contribution in [0.1, 0.15) is 44.7 Å². The highest BCUT2D eigenvalue weighted by molar-refractivity contribution is 6.36. The van der Waals surface area contributed by atoms with E-state index < -0.39 is 0 Å². The van der Waals surface area contributed by atoms with Crippen LogP contribution in [0.25, 0.3) is 28.2 Å². The van der Waals surface area contributed by atoms with Crippen LogP contribution in [0.4, 0.5) is 5.69 Å². The van der Waals surface area contributed by atoms with E-state index in [1.807, 2.05) is 49.4 Å². The fourth-order valence-electron chi connectivity index (χ4n) is 3.62. The van der Waals surface area contributed by atoms with Crippen LogP contribution in [0.3, 0.4) is 0 Å². The van der Waals surface area contributed by atoms with Gasteiger partial charge in [-0.2, -0.15) is 0 Å². The van der Waals surface area contributed by atoms with Gasteiger partial charge in [-0.25, -0.2) is 4.98 Å². The molecule has 0 saturated carbocycles. The molecule has 1 aliphatic heterocycles. The normalized spacial score (nSPS) is 13.4. The van der Waals surface area contributed by atoms with E-state index in [4.69, 9.17) is 22.3 Å². The Labute approximate surface area is 217 Å². The number of nitrogen functional groups attached to an aromatic ring is 1. The Balaban J connectivity index is 0.000000257. The van der Waals surface area contributed by atoms with Gasteiger partial charge in [0.25, 0.3) is 0 Å². The minimum Gasteiger partial charge on any atom is -0.399 e. The van der Waals surface area contributed by atoms with Crippen LogP contribution in [-0.4, -0.2) is 48.0 Å². The maximum Gasteiger partial charge on any atom is 0.0754 e. The summed E-state index contributed by atoms with van der Waals surface area (Å²) >= 11 is 6.52. The lowest BCUT2D eigenvalue weighted by molar-refractivity contribution is 0.187. The number of aromatic nitrogens is 1. The predicted molar refractivity (Wildman–Crippen MR) is 156 cm³/mol. The largest absolute Gasteiger partial charge is 0.399 e. The standard InChI is InChI=1S/C18H15ClN2.C8H16N2.C4H10/c1-3-12-7-8-15-16(9-12)21-18(11(2)17(15)19)13-5-4-6-14(20)10-13;1-8(2)10-6-4-9(3)5-7-10;1-3-4-2/h3-10H,1,20H2,2H3;1,4-7H2,2-3H3;3-4H2,1-2H3. The van der Waals surface area contributed by atoms with Gasteiger partial charge in [-0.05, 0) is 50.2 Å². The van der Waals surface area contributed by atoms with E-state index in [2.05, 4.69) is 50.8 Å². The van der Waals surface area contributed by atoms with Crippen molar-refractivity contribution in [3.63, 3.8) is 0 Å². The van der Waals surface area contributed by atoms with Crippen molar-refractivity contribution < 1.29 is 0 Å². The van der Waals surface area contributed by atoms with Crippen molar-refractivity contribution in [3.8, 4) is 11.3 Å². The molecule has 4 nitrogen and oxygen atoms in total. The second-order valence-electron chi connectivity index (χ2n) is 9.03. The molecule has 2 aromatic carbocycles. The molecule has 1 fully saturated rings. The summed E-state index contributed by atoms with van der Waals surface area (Å²) < 4.78 is 0. The first-order valence-electron chi connectivity index (χ1n) is 12.4. The summed E-state index contributed by atoms with van der Waals surface area (Å²) in [4.78, 5) is 9.45. The number of piperazine rings is 1. The molecule has 0 amide bonds. The number of nitrogens with two attached hydrogens (primary N) is 1. The third kappa shape index (κ3) is 8.12. The Morgan fingerprint density at radius 3 is 2.29 bits per heavy atom. The Morgan fingerprint density at radius 2 is 1.74 bits per heavy atom. The molecule has 0 radical (unpaired) electrons. The quantitative estimate of drug-likeness (QED) is 0.379. The van der Waals surface area contributed by atoms with E-state index in [0.29, 0.717) is 5.69 Å². The second-order valence-corrected chi connectivity index (χ2v) is 9.41. The number of unbranched alkanes of at least 4 members (excludes halogenated alkanes) is 1. The van der Waals surface area contributed by atoms with Crippen LogP contribution in [0.15, 0.2) is 61.3 Å². The van der Waals surface area contributed by atoms with Gasteiger partial charge in [0.15, 0.2) is 0 Å². The number of hydrogen-bond acceptors (Lipinski definition) is 4. The van der Waals surface area contributed by atoms with Gasteiger partial charge in [0, 0.05) is 48.5 Å². The molecule has 188 valence electrons. The molecule has 0 aliphatic carbocycles. The highest BCUT2D eigenvalue weighted by Gasteiger charge is 2.13. The Kier molecular flexibility index (Phi) is 11.3. The molecular weight excluding hydrogens is 452 g/mol. The number of benzene rings is 2. The third-order valence-electron chi connectivity index (χ3n) is 6.11. The average Bonchev–Trinajstić information content (AvgIpc) is 2.86. The minimum atomic E-state index is 0.713. The fraction of sp³-hybridized carbons (Fsp3) is 0.367. The number of anilines is 1. The number of rotatable bonds is 4. The van der Waals surface area contributed by atoms with Gasteiger partial charge < -0.3 is 15.5 Å². The highest BCUT2D eigenvalue weighted by Crippen LogP contribution is 2.33. The summed E-state index contributed by atoms with van der Waals surface area (Å²) in [7, 11) is 2.16. The van der Waals surface area contributed by atoms with Crippen LogP contribution in [0.5, 0.6) is 0 Å². The predicted octanol–water partition coefficient (Wildman–Crippen LogP) is 7.66. The van der Waals surface area contributed by atoms with Crippen LogP contribution in [0, 0.1) is 6.92 Å². The summed E-state index contributed by atoms with van der Waals surface area (Å²) in [5, 5.41) is 1.68. The summed E-state index contributed by atoms with van der Waals surface area (Å²) in [6.07, 6.45) is 4.44.